The summed E-state index contributed by atoms with van der Waals surface area (Å²) in [5, 5.41) is 5.89. The lowest BCUT2D eigenvalue weighted by atomic mass is 10.1. The van der Waals surface area contributed by atoms with Gasteiger partial charge in [0.1, 0.15) is 0 Å². The molecule has 0 aliphatic carbocycles. The van der Waals surface area contributed by atoms with Crippen LogP contribution in [0.4, 0.5) is 11.4 Å². The van der Waals surface area contributed by atoms with Crippen molar-refractivity contribution < 1.29 is 13.2 Å². The van der Waals surface area contributed by atoms with Crippen molar-refractivity contribution in [1.29, 1.82) is 0 Å². The Kier molecular flexibility index (Phi) is 5.56. The first-order valence-corrected chi connectivity index (χ1v) is 8.41. The third-order valence-corrected chi connectivity index (χ3v) is 4.79. The van der Waals surface area contributed by atoms with Gasteiger partial charge in [0.05, 0.1) is 5.75 Å². The SMILES string of the molecule is CCS(=O)(=O)CC(C)Nc1ccc(C)c(NC(C)=O)c1. The van der Waals surface area contributed by atoms with Crippen molar-refractivity contribution in [2.24, 2.45) is 0 Å². The van der Waals surface area contributed by atoms with Crippen LogP contribution in [0, 0.1) is 6.92 Å². The standard InChI is InChI=1S/C14H22N2O3S/c1-5-20(18,19)9-11(3)15-13-7-6-10(2)14(8-13)16-12(4)17/h6-8,11,15H,5,9H2,1-4H3,(H,16,17). The zero-order chi connectivity index (χ0) is 15.3. The fourth-order valence-corrected chi connectivity index (χ4v) is 2.94. The first-order chi connectivity index (χ1) is 9.23. The maximum Gasteiger partial charge on any atom is 0.221 e. The number of benzene rings is 1. The van der Waals surface area contributed by atoms with Crippen molar-refractivity contribution in [3.05, 3.63) is 23.8 Å². The average Bonchev–Trinajstić information content (AvgIpc) is 2.32. The zero-order valence-electron chi connectivity index (χ0n) is 12.4. The van der Waals surface area contributed by atoms with E-state index in [1.54, 1.807) is 6.92 Å². The Bertz CT molecular complexity index is 582. The Labute approximate surface area is 120 Å². The molecule has 6 heteroatoms. The van der Waals surface area contributed by atoms with Gasteiger partial charge in [0.25, 0.3) is 0 Å². The first kappa shape index (κ1) is 16.5. The van der Waals surface area contributed by atoms with Crippen LogP contribution in [-0.2, 0) is 14.6 Å². The zero-order valence-corrected chi connectivity index (χ0v) is 13.2. The topological polar surface area (TPSA) is 75.3 Å². The molecule has 0 fully saturated rings. The highest BCUT2D eigenvalue weighted by Crippen LogP contribution is 2.21. The number of aryl methyl sites for hydroxylation is 1. The van der Waals surface area contributed by atoms with Gasteiger partial charge in [0, 0.05) is 30.1 Å². The molecular formula is C14H22N2O3S. The molecule has 0 aromatic heterocycles. The van der Waals surface area contributed by atoms with Gasteiger partial charge in [-0.2, -0.15) is 0 Å². The number of carbonyl (C=O) groups is 1. The largest absolute Gasteiger partial charge is 0.382 e. The molecule has 1 atom stereocenters. The smallest absolute Gasteiger partial charge is 0.221 e. The van der Waals surface area contributed by atoms with E-state index in [1.807, 2.05) is 32.0 Å². The summed E-state index contributed by atoms with van der Waals surface area (Å²) in [4.78, 5) is 11.1. The Morgan fingerprint density at radius 3 is 2.55 bits per heavy atom. The molecule has 0 aliphatic heterocycles. The maximum absolute atomic E-state index is 11.6. The van der Waals surface area contributed by atoms with Crippen molar-refractivity contribution in [3.8, 4) is 0 Å². The molecular weight excluding hydrogens is 276 g/mol. The molecule has 112 valence electrons. The van der Waals surface area contributed by atoms with E-state index in [9.17, 15) is 13.2 Å². The summed E-state index contributed by atoms with van der Waals surface area (Å²) in [6, 6.07) is 5.38. The van der Waals surface area contributed by atoms with E-state index in [1.165, 1.54) is 6.92 Å². The molecule has 5 nitrogen and oxygen atoms in total. The van der Waals surface area contributed by atoms with Crippen molar-refractivity contribution in [2.75, 3.05) is 22.1 Å². The second-order valence-corrected chi connectivity index (χ2v) is 7.35. The van der Waals surface area contributed by atoms with Gasteiger partial charge in [0.15, 0.2) is 9.84 Å². The summed E-state index contributed by atoms with van der Waals surface area (Å²) < 4.78 is 23.1. The van der Waals surface area contributed by atoms with Crippen molar-refractivity contribution in [3.63, 3.8) is 0 Å². The normalized spacial score (nSPS) is 12.8. The number of amides is 1. The number of carbonyl (C=O) groups excluding carboxylic acids is 1. The highest BCUT2D eigenvalue weighted by atomic mass is 32.2. The highest BCUT2D eigenvalue weighted by Gasteiger charge is 2.13. The van der Waals surface area contributed by atoms with Gasteiger partial charge >= 0.3 is 0 Å². The molecule has 20 heavy (non-hydrogen) atoms. The van der Waals surface area contributed by atoms with Crippen LogP contribution in [0.3, 0.4) is 0 Å². The summed E-state index contributed by atoms with van der Waals surface area (Å²) >= 11 is 0. The van der Waals surface area contributed by atoms with E-state index in [-0.39, 0.29) is 23.5 Å². The van der Waals surface area contributed by atoms with Crippen LogP contribution in [0.25, 0.3) is 0 Å². The minimum absolute atomic E-state index is 0.0901. The van der Waals surface area contributed by atoms with E-state index >= 15 is 0 Å². The quantitative estimate of drug-likeness (QED) is 0.844. The minimum Gasteiger partial charge on any atom is -0.382 e. The number of hydrogen-bond donors (Lipinski definition) is 2. The third kappa shape index (κ3) is 5.21. The van der Waals surface area contributed by atoms with Crippen LogP contribution in [0.2, 0.25) is 0 Å². The monoisotopic (exact) mass is 298 g/mol. The van der Waals surface area contributed by atoms with Crippen molar-refractivity contribution in [1.82, 2.24) is 0 Å². The summed E-state index contributed by atoms with van der Waals surface area (Å²) in [6.07, 6.45) is 0. The third-order valence-electron chi connectivity index (χ3n) is 2.91. The number of sulfone groups is 1. The molecule has 0 spiro atoms. The van der Waals surface area contributed by atoms with Crippen LogP contribution in [0.15, 0.2) is 18.2 Å². The van der Waals surface area contributed by atoms with Crippen LogP contribution < -0.4 is 10.6 Å². The summed E-state index contributed by atoms with van der Waals surface area (Å²) in [5.41, 5.74) is 2.48. The Morgan fingerprint density at radius 1 is 1.35 bits per heavy atom. The Morgan fingerprint density at radius 2 is 2.00 bits per heavy atom. The molecule has 0 heterocycles. The molecule has 1 amide bonds. The fraction of sp³-hybridized carbons (Fsp3) is 0.500. The van der Waals surface area contributed by atoms with E-state index in [0.29, 0.717) is 0 Å². The molecule has 0 saturated carbocycles. The Hall–Kier alpha value is -1.56. The molecule has 1 aromatic rings. The minimum atomic E-state index is -3.01. The number of hydrogen-bond acceptors (Lipinski definition) is 4. The molecule has 0 bridgehead atoms. The van der Waals surface area contributed by atoms with Crippen molar-refractivity contribution in [2.45, 2.75) is 33.7 Å². The number of rotatable bonds is 6. The predicted molar refractivity (Wildman–Crippen MR) is 82.9 cm³/mol. The second-order valence-electron chi connectivity index (χ2n) is 4.96. The van der Waals surface area contributed by atoms with Gasteiger partial charge in [0.2, 0.25) is 5.91 Å². The molecule has 1 rings (SSSR count). The lowest BCUT2D eigenvalue weighted by Gasteiger charge is -2.16. The number of anilines is 2. The van der Waals surface area contributed by atoms with E-state index in [4.69, 9.17) is 0 Å². The molecule has 1 unspecified atom stereocenters. The lowest BCUT2D eigenvalue weighted by molar-refractivity contribution is -0.114. The predicted octanol–water partition coefficient (Wildman–Crippen LogP) is 2.19. The lowest BCUT2D eigenvalue weighted by Crippen LogP contribution is -2.26. The molecule has 1 aromatic carbocycles. The summed E-state index contributed by atoms with van der Waals surface area (Å²) in [7, 11) is -3.01. The van der Waals surface area contributed by atoms with Gasteiger partial charge in [-0.25, -0.2) is 8.42 Å². The van der Waals surface area contributed by atoms with Gasteiger partial charge in [-0.3, -0.25) is 4.79 Å². The fourth-order valence-electron chi connectivity index (χ4n) is 1.86. The maximum atomic E-state index is 11.6. The Balaban J connectivity index is 2.80. The molecule has 0 radical (unpaired) electrons. The van der Waals surface area contributed by atoms with Gasteiger partial charge in [-0.1, -0.05) is 13.0 Å². The summed E-state index contributed by atoms with van der Waals surface area (Å²) in [6.45, 7) is 6.82. The molecule has 2 N–H and O–H groups in total. The van der Waals surface area contributed by atoms with Crippen molar-refractivity contribution >= 4 is 27.1 Å². The van der Waals surface area contributed by atoms with Gasteiger partial charge in [-0.15, -0.1) is 0 Å². The van der Waals surface area contributed by atoms with Crippen LogP contribution in [0.5, 0.6) is 0 Å². The molecule has 0 saturated heterocycles. The average molecular weight is 298 g/mol. The van der Waals surface area contributed by atoms with Gasteiger partial charge in [-0.05, 0) is 31.5 Å². The second kappa shape index (κ2) is 6.74. The number of nitrogens with one attached hydrogen (secondary N) is 2. The van der Waals surface area contributed by atoms with E-state index in [0.717, 1.165) is 16.9 Å². The van der Waals surface area contributed by atoms with Gasteiger partial charge < -0.3 is 10.6 Å². The first-order valence-electron chi connectivity index (χ1n) is 6.58. The van der Waals surface area contributed by atoms with Crippen LogP contribution in [0.1, 0.15) is 26.3 Å². The van der Waals surface area contributed by atoms with E-state index < -0.39 is 9.84 Å². The highest BCUT2D eigenvalue weighted by molar-refractivity contribution is 7.91. The van der Waals surface area contributed by atoms with Crippen LogP contribution in [-0.4, -0.2) is 31.9 Å². The van der Waals surface area contributed by atoms with Crippen LogP contribution >= 0.6 is 0 Å². The summed E-state index contributed by atoms with van der Waals surface area (Å²) in [5.74, 6) is 0.101. The molecule has 0 aliphatic rings. The van der Waals surface area contributed by atoms with E-state index in [2.05, 4.69) is 10.6 Å².